The molecule has 2 nitrogen and oxygen atoms in total. The highest BCUT2D eigenvalue weighted by atomic mass is 79.9. The van der Waals surface area contributed by atoms with Crippen molar-refractivity contribution in [1.29, 1.82) is 0 Å². The zero-order valence-electron chi connectivity index (χ0n) is 12.4. The molecule has 0 bridgehead atoms. The fraction of sp³-hybridized carbons (Fsp3) is 0.647. The van der Waals surface area contributed by atoms with Gasteiger partial charge in [-0.1, -0.05) is 28.8 Å². The lowest BCUT2D eigenvalue weighted by Gasteiger charge is -2.36. The third kappa shape index (κ3) is 3.85. The second-order valence-corrected chi connectivity index (χ2v) is 7.23. The lowest BCUT2D eigenvalue weighted by Crippen LogP contribution is -2.46. The molecule has 2 N–H and O–H groups in total. The van der Waals surface area contributed by atoms with Crippen LogP contribution in [0.15, 0.2) is 22.7 Å². The minimum atomic E-state index is -0.160. The van der Waals surface area contributed by atoms with Crippen LogP contribution in [0, 0.1) is 11.7 Å². The van der Waals surface area contributed by atoms with Crippen molar-refractivity contribution < 1.29 is 4.39 Å². The summed E-state index contributed by atoms with van der Waals surface area (Å²) in [6.07, 6.45) is 7.85. The molecule has 1 aromatic carbocycles. The van der Waals surface area contributed by atoms with E-state index in [2.05, 4.69) is 26.6 Å². The van der Waals surface area contributed by atoms with Gasteiger partial charge in [-0.3, -0.25) is 0 Å². The molecule has 1 aliphatic carbocycles. The van der Waals surface area contributed by atoms with E-state index in [-0.39, 0.29) is 5.82 Å². The standard InChI is InChI=1S/C17H24BrFN2/c18-15-8-7-13(19)10-12(15)11-21-17-5-2-1-4-14(17)16-6-3-9-20-16/h7-8,10,14,16-17,20-21H,1-6,9,11H2. The molecule has 1 saturated heterocycles. The van der Waals surface area contributed by atoms with Crippen molar-refractivity contribution in [2.24, 2.45) is 5.92 Å². The summed E-state index contributed by atoms with van der Waals surface area (Å²) >= 11 is 3.52. The zero-order valence-corrected chi connectivity index (χ0v) is 14.0. The third-order valence-electron chi connectivity index (χ3n) is 5.00. The maximum atomic E-state index is 13.4. The predicted molar refractivity (Wildman–Crippen MR) is 87.7 cm³/mol. The van der Waals surface area contributed by atoms with Crippen LogP contribution in [-0.4, -0.2) is 18.6 Å². The minimum absolute atomic E-state index is 0.160. The van der Waals surface area contributed by atoms with Gasteiger partial charge in [0.1, 0.15) is 5.82 Å². The molecule has 3 unspecified atom stereocenters. The second kappa shape index (κ2) is 7.21. The molecule has 2 fully saturated rings. The van der Waals surface area contributed by atoms with E-state index in [1.54, 1.807) is 12.1 Å². The van der Waals surface area contributed by atoms with Gasteiger partial charge in [-0.15, -0.1) is 0 Å². The Morgan fingerprint density at radius 3 is 2.86 bits per heavy atom. The zero-order chi connectivity index (χ0) is 14.7. The normalized spacial score (nSPS) is 29.7. The van der Waals surface area contributed by atoms with E-state index in [1.165, 1.54) is 51.1 Å². The molecule has 4 heteroatoms. The SMILES string of the molecule is Fc1ccc(Br)c(CNC2CCCCC2C2CCCN2)c1. The number of nitrogens with one attached hydrogen (secondary N) is 2. The van der Waals surface area contributed by atoms with E-state index in [9.17, 15) is 4.39 Å². The van der Waals surface area contributed by atoms with Crippen LogP contribution >= 0.6 is 15.9 Å². The molecule has 1 aliphatic heterocycles. The van der Waals surface area contributed by atoms with Crippen LogP contribution in [0.5, 0.6) is 0 Å². The van der Waals surface area contributed by atoms with Crippen molar-refractivity contribution >= 4 is 15.9 Å². The first kappa shape index (κ1) is 15.4. The van der Waals surface area contributed by atoms with Gasteiger partial charge in [0.2, 0.25) is 0 Å². The van der Waals surface area contributed by atoms with Gasteiger partial charge in [-0.25, -0.2) is 4.39 Å². The number of halogens is 2. The highest BCUT2D eigenvalue weighted by Crippen LogP contribution is 2.31. The van der Waals surface area contributed by atoms with Gasteiger partial charge in [-0.05, 0) is 61.9 Å². The lowest BCUT2D eigenvalue weighted by molar-refractivity contribution is 0.213. The van der Waals surface area contributed by atoms with E-state index >= 15 is 0 Å². The summed E-state index contributed by atoms with van der Waals surface area (Å²) in [6, 6.07) is 6.16. The highest BCUT2D eigenvalue weighted by molar-refractivity contribution is 9.10. The summed E-state index contributed by atoms with van der Waals surface area (Å²) in [5.74, 6) is 0.571. The average molecular weight is 355 g/mol. The Hall–Kier alpha value is -0.450. The van der Waals surface area contributed by atoms with Gasteiger partial charge >= 0.3 is 0 Å². The number of hydrogen-bond acceptors (Lipinski definition) is 2. The fourth-order valence-electron chi connectivity index (χ4n) is 3.89. The molecule has 0 spiro atoms. The Labute approximate surface area is 135 Å². The number of rotatable bonds is 4. The first-order chi connectivity index (χ1) is 10.2. The van der Waals surface area contributed by atoms with Gasteiger partial charge in [0.15, 0.2) is 0 Å². The number of benzene rings is 1. The Bertz CT molecular complexity index is 474. The molecule has 0 aromatic heterocycles. The van der Waals surface area contributed by atoms with Crippen LogP contribution in [0.1, 0.15) is 44.1 Å². The topological polar surface area (TPSA) is 24.1 Å². The van der Waals surface area contributed by atoms with Crippen molar-refractivity contribution in [2.45, 2.75) is 57.2 Å². The van der Waals surface area contributed by atoms with Gasteiger partial charge in [-0.2, -0.15) is 0 Å². The van der Waals surface area contributed by atoms with Gasteiger partial charge in [0.25, 0.3) is 0 Å². The van der Waals surface area contributed by atoms with Crippen molar-refractivity contribution in [2.75, 3.05) is 6.54 Å². The van der Waals surface area contributed by atoms with Crippen molar-refractivity contribution in [3.05, 3.63) is 34.1 Å². The van der Waals surface area contributed by atoms with E-state index in [0.717, 1.165) is 22.5 Å². The molecule has 1 saturated carbocycles. The van der Waals surface area contributed by atoms with Gasteiger partial charge in [0, 0.05) is 23.1 Å². The van der Waals surface area contributed by atoms with E-state index in [1.807, 2.05) is 0 Å². The average Bonchev–Trinajstić information content (AvgIpc) is 3.03. The van der Waals surface area contributed by atoms with Gasteiger partial charge in [0.05, 0.1) is 0 Å². The Morgan fingerprint density at radius 2 is 2.05 bits per heavy atom. The van der Waals surface area contributed by atoms with Crippen molar-refractivity contribution in [3.63, 3.8) is 0 Å². The Balaban J connectivity index is 1.63. The molecule has 0 radical (unpaired) electrons. The van der Waals surface area contributed by atoms with Crippen molar-refractivity contribution in [3.8, 4) is 0 Å². The van der Waals surface area contributed by atoms with Crippen LogP contribution in [0.4, 0.5) is 4.39 Å². The summed E-state index contributed by atoms with van der Waals surface area (Å²) in [5, 5.41) is 7.36. The molecule has 0 amide bonds. The van der Waals surface area contributed by atoms with Crippen LogP contribution in [0.3, 0.4) is 0 Å². The molecule has 3 rings (SSSR count). The quantitative estimate of drug-likeness (QED) is 0.854. The summed E-state index contributed by atoms with van der Waals surface area (Å²) in [4.78, 5) is 0. The molecule has 21 heavy (non-hydrogen) atoms. The fourth-order valence-corrected chi connectivity index (χ4v) is 4.28. The maximum Gasteiger partial charge on any atom is 0.123 e. The van der Waals surface area contributed by atoms with Crippen LogP contribution < -0.4 is 10.6 Å². The molecular formula is C17H24BrFN2. The smallest absolute Gasteiger partial charge is 0.123 e. The van der Waals surface area contributed by atoms with Crippen LogP contribution in [0.25, 0.3) is 0 Å². The summed E-state index contributed by atoms with van der Waals surface area (Å²) in [7, 11) is 0. The predicted octanol–water partition coefficient (Wildman–Crippen LogP) is 3.99. The van der Waals surface area contributed by atoms with Crippen molar-refractivity contribution in [1.82, 2.24) is 10.6 Å². The third-order valence-corrected chi connectivity index (χ3v) is 5.77. The molecule has 1 heterocycles. The molecule has 116 valence electrons. The second-order valence-electron chi connectivity index (χ2n) is 6.37. The Kier molecular flexibility index (Phi) is 5.30. The van der Waals surface area contributed by atoms with E-state index in [0.29, 0.717) is 12.1 Å². The summed E-state index contributed by atoms with van der Waals surface area (Å²) in [5.41, 5.74) is 1.01. The molecule has 2 aliphatic rings. The maximum absolute atomic E-state index is 13.4. The first-order valence-corrected chi connectivity index (χ1v) is 8.94. The first-order valence-electron chi connectivity index (χ1n) is 8.15. The van der Waals surface area contributed by atoms with Crippen LogP contribution in [0.2, 0.25) is 0 Å². The molecule has 3 atom stereocenters. The molecular weight excluding hydrogens is 331 g/mol. The molecule has 1 aromatic rings. The van der Waals surface area contributed by atoms with E-state index < -0.39 is 0 Å². The Morgan fingerprint density at radius 1 is 1.19 bits per heavy atom. The van der Waals surface area contributed by atoms with E-state index in [4.69, 9.17) is 0 Å². The van der Waals surface area contributed by atoms with Crippen LogP contribution in [-0.2, 0) is 6.54 Å². The minimum Gasteiger partial charge on any atom is -0.314 e. The number of hydrogen-bond donors (Lipinski definition) is 2. The largest absolute Gasteiger partial charge is 0.314 e. The highest BCUT2D eigenvalue weighted by Gasteiger charge is 2.32. The van der Waals surface area contributed by atoms with Gasteiger partial charge < -0.3 is 10.6 Å². The summed E-state index contributed by atoms with van der Waals surface area (Å²) < 4.78 is 14.4. The summed E-state index contributed by atoms with van der Waals surface area (Å²) in [6.45, 7) is 1.91. The lowest BCUT2D eigenvalue weighted by atomic mass is 9.79. The monoisotopic (exact) mass is 354 g/mol.